The Balaban J connectivity index is 1.26. The molecule has 0 radical (unpaired) electrons. The first-order chi connectivity index (χ1) is 16.3. The second kappa shape index (κ2) is 8.74. The van der Waals surface area contributed by atoms with E-state index in [1.165, 1.54) is 22.5 Å². The number of carbonyl (C=O) groups is 1. The Morgan fingerprint density at radius 3 is 2.71 bits per heavy atom. The second-order valence-corrected chi connectivity index (χ2v) is 9.94. The fourth-order valence-corrected chi connectivity index (χ4v) is 5.77. The van der Waals surface area contributed by atoms with Crippen LogP contribution in [0, 0.1) is 16.0 Å². The molecular formula is C26H30N4O4. The van der Waals surface area contributed by atoms with E-state index in [4.69, 9.17) is 0 Å². The van der Waals surface area contributed by atoms with Gasteiger partial charge in [0, 0.05) is 66.9 Å². The van der Waals surface area contributed by atoms with E-state index in [2.05, 4.69) is 48.9 Å². The van der Waals surface area contributed by atoms with Gasteiger partial charge in [0.2, 0.25) is 5.91 Å². The minimum Gasteiger partial charge on any atom is -0.345 e. The highest BCUT2D eigenvalue weighted by Gasteiger charge is 2.37. The predicted octanol–water partition coefficient (Wildman–Crippen LogP) is 4.26. The summed E-state index contributed by atoms with van der Waals surface area (Å²) in [6, 6.07) is 11.8. The maximum Gasteiger partial charge on any atom is 0.334 e. The van der Waals surface area contributed by atoms with Crippen molar-refractivity contribution in [1.29, 1.82) is 0 Å². The average molecular weight is 463 g/mol. The highest BCUT2D eigenvalue weighted by Crippen LogP contribution is 2.36. The average Bonchev–Trinajstić information content (AvgIpc) is 3.18. The number of carbonyl (C=O) groups excluding carboxylic acids is 1. The van der Waals surface area contributed by atoms with Crippen LogP contribution in [0.5, 0.6) is 0 Å². The van der Waals surface area contributed by atoms with E-state index in [0.717, 1.165) is 25.0 Å². The zero-order valence-electron chi connectivity index (χ0n) is 19.6. The molecule has 2 aliphatic heterocycles. The SMILES string of the molecule is CC(C)n1cc(CCCC(=O)N2CC3C[C@H](C2)Cn2c3ccc([N+](=O)[O-])c2=O)c2ccccc21. The Morgan fingerprint density at radius 2 is 1.94 bits per heavy atom. The number of aryl methyl sites for hydroxylation is 1. The number of hydrogen-bond acceptors (Lipinski definition) is 4. The van der Waals surface area contributed by atoms with Crippen LogP contribution in [-0.4, -0.2) is 38.0 Å². The zero-order chi connectivity index (χ0) is 24.0. The molecule has 2 aromatic heterocycles. The number of rotatable bonds is 6. The number of benzene rings is 1. The summed E-state index contributed by atoms with van der Waals surface area (Å²) in [5, 5.41) is 12.4. The molecule has 0 N–H and O–H groups in total. The molecule has 3 aromatic rings. The highest BCUT2D eigenvalue weighted by atomic mass is 16.6. The maximum atomic E-state index is 13.1. The Morgan fingerprint density at radius 1 is 1.15 bits per heavy atom. The number of likely N-dealkylation sites (tertiary alicyclic amines) is 1. The molecule has 1 amide bonds. The number of amides is 1. The number of pyridine rings is 1. The molecule has 2 atom stereocenters. The first-order valence-electron chi connectivity index (χ1n) is 12.1. The van der Waals surface area contributed by atoms with Gasteiger partial charge in [-0.3, -0.25) is 19.7 Å². The Labute approximate surface area is 197 Å². The standard InChI is InChI=1S/C26H30N4O4/c1-17(2)28-16-19(21-7-3-4-8-23(21)28)6-5-9-25(31)27-13-18-12-20(15-27)22-10-11-24(30(33)34)26(32)29(22)14-18/h3-4,7-8,10-11,16-18,20H,5-6,9,12-15H2,1-2H3/t18-,20?/m1/s1. The topological polar surface area (TPSA) is 90.4 Å². The molecule has 1 aromatic carbocycles. The number of aromatic nitrogens is 2. The van der Waals surface area contributed by atoms with Crippen LogP contribution in [-0.2, 0) is 17.8 Å². The van der Waals surface area contributed by atoms with Crippen LogP contribution < -0.4 is 5.56 Å². The van der Waals surface area contributed by atoms with Crippen molar-refractivity contribution in [3.63, 3.8) is 0 Å². The van der Waals surface area contributed by atoms with Gasteiger partial charge in [-0.15, -0.1) is 0 Å². The third kappa shape index (κ3) is 3.91. The predicted molar refractivity (Wildman–Crippen MR) is 130 cm³/mol. The summed E-state index contributed by atoms with van der Waals surface area (Å²) in [6.45, 7) is 5.97. The molecule has 2 bridgehead atoms. The van der Waals surface area contributed by atoms with Gasteiger partial charge in [-0.25, -0.2) is 0 Å². The molecule has 1 unspecified atom stereocenters. The van der Waals surface area contributed by atoms with E-state index in [1.54, 1.807) is 10.6 Å². The van der Waals surface area contributed by atoms with Crippen LogP contribution in [0.3, 0.4) is 0 Å². The summed E-state index contributed by atoms with van der Waals surface area (Å²) in [4.78, 5) is 38.1. The summed E-state index contributed by atoms with van der Waals surface area (Å²) in [7, 11) is 0. The number of fused-ring (bicyclic) bond motifs is 5. The van der Waals surface area contributed by atoms with Crippen molar-refractivity contribution in [2.75, 3.05) is 13.1 Å². The minimum atomic E-state index is -0.617. The molecule has 178 valence electrons. The first-order valence-corrected chi connectivity index (χ1v) is 12.1. The molecule has 8 nitrogen and oxygen atoms in total. The molecular weight excluding hydrogens is 432 g/mol. The molecule has 4 heterocycles. The van der Waals surface area contributed by atoms with Crippen molar-refractivity contribution in [3.05, 3.63) is 74.3 Å². The Hall–Kier alpha value is -3.42. The molecule has 1 saturated heterocycles. The maximum absolute atomic E-state index is 13.1. The molecule has 1 fully saturated rings. The van der Waals surface area contributed by atoms with Gasteiger partial charge < -0.3 is 14.0 Å². The number of nitrogens with zero attached hydrogens (tertiary/aromatic N) is 4. The van der Waals surface area contributed by atoms with Crippen molar-refractivity contribution >= 4 is 22.5 Å². The van der Waals surface area contributed by atoms with Gasteiger partial charge in [-0.1, -0.05) is 18.2 Å². The lowest BCUT2D eigenvalue weighted by Crippen LogP contribution is -2.49. The fraction of sp³-hybridized carbons (Fsp3) is 0.462. The van der Waals surface area contributed by atoms with E-state index < -0.39 is 10.5 Å². The Bertz CT molecular complexity index is 1320. The fourth-order valence-electron chi connectivity index (χ4n) is 5.77. The monoisotopic (exact) mass is 462 g/mol. The molecule has 5 rings (SSSR count). The van der Waals surface area contributed by atoms with Gasteiger partial charge in [0.05, 0.1) is 4.92 Å². The lowest BCUT2D eigenvalue weighted by Gasteiger charge is -2.42. The zero-order valence-corrected chi connectivity index (χ0v) is 19.6. The number of piperidine rings is 1. The molecule has 0 aliphatic carbocycles. The second-order valence-electron chi connectivity index (χ2n) is 9.94. The molecule has 34 heavy (non-hydrogen) atoms. The van der Waals surface area contributed by atoms with Crippen LogP contribution in [0.4, 0.5) is 5.69 Å². The van der Waals surface area contributed by atoms with Crippen LogP contribution in [0.2, 0.25) is 0 Å². The van der Waals surface area contributed by atoms with Crippen LogP contribution in [0.1, 0.15) is 56.3 Å². The van der Waals surface area contributed by atoms with Gasteiger partial charge in [0.25, 0.3) is 0 Å². The smallest absolute Gasteiger partial charge is 0.334 e. The number of hydrogen-bond donors (Lipinski definition) is 0. The summed E-state index contributed by atoms with van der Waals surface area (Å²) in [5.41, 5.74) is 2.41. The van der Waals surface area contributed by atoms with E-state index in [1.807, 2.05) is 4.90 Å². The quantitative estimate of drug-likeness (QED) is 0.404. The summed E-state index contributed by atoms with van der Waals surface area (Å²) in [5.74, 6) is 0.355. The number of para-hydroxylation sites is 1. The van der Waals surface area contributed by atoms with E-state index >= 15 is 0 Å². The van der Waals surface area contributed by atoms with Crippen molar-refractivity contribution < 1.29 is 9.72 Å². The van der Waals surface area contributed by atoms with E-state index in [-0.39, 0.29) is 23.4 Å². The van der Waals surface area contributed by atoms with Gasteiger partial charge in [0.15, 0.2) is 0 Å². The van der Waals surface area contributed by atoms with Crippen LogP contribution >= 0.6 is 0 Å². The summed E-state index contributed by atoms with van der Waals surface area (Å²) < 4.78 is 3.85. The van der Waals surface area contributed by atoms with Crippen molar-refractivity contribution in [2.24, 2.45) is 5.92 Å². The van der Waals surface area contributed by atoms with Gasteiger partial charge in [-0.05, 0) is 56.7 Å². The normalized spacial score (nSPS) is 19.4. The highest BCUT2D eigenvalue weighted by molar-refractivity contribution is 5.84. The third-order valence-electron chi connectivity index (χ3n) is 7.35. The third-order valence-corrected chi connectivity index (χ3v) is 7.35. The largest absolute Gasteiger partial charge is 0.345 e. The molecule has 0 spiro atoms. The van der Waals surface area contributed by atoms with Gasteiger partial charge in [-0.2, -0.15) is 0 Å². The van der Waals surface area contributed by atoms with Gasteiger partial charge in [0.1, 0.15) is 0 Å². The number of nitro groups is 1. The van der Waals surface area contributed by atoms with Crippen molar-refractivity contribution in [1.82, 2.24) is 14.0 Å². The van der Waals surface area contributed by atoms with Gasteiger partial charge >= 0.3 is 11.2 Å². The van der Waals surface area contributed by atoms with Crippen molar-refractivity contribution in [3.8, 4) is 0 Å². The first kappa shape index (κ1) is 22.4. The minimum absolute atomic E-state index is 0.0500. The molecule has 8 heteroatoms. The van der Waals surface area contributed by atoms with Crippen LogP contribution in [0.25, 0.3) is 10.9 Å². The summed E-state index contributed by atoms with van der Waals surface area (Å²) >= 11 is 0. The lowest BCUT2D eigenvalue weighted by molar-refractivity contribution is -0.386. The summed E-state index contributed by atoms with van der Waals surface area (Å²) in [6.07, 6.45) is 5.27. The molecule has 2 aliphatic rings. The molecule has 0 saturated carbocycles. The Kier molecular flexibility index (Phi) is 5.75. The van der Waals surface area contributed by atoms with Crippen molar-refractivity contribution in [2.45, 2.75) is 58.0 Å². The van der Waals surface area contributed by atoms with E-state index in [9.17, 15) is 19.7 Å². The van der Waals surface area contributed by atoms with E-state index in [0.29, 0.717) is 32.1 Å². The lowest BCUT2D eigenvalue weighted by atomic mass is 9.83. The van der Waals surface area contributed by atoms with Crippen LogP contribution in [0.15, 0.2) is 47.4 Å².